The summed E-state index contributed by atoms with van der Waals surface area (Å²) in [5.41, 5.74) is 0.578. The molecular formula is C16H18FN3O3S. The SMILES string of the molecule is NS(=O)(=O)C1(C(=O)Nc2ccc(F)c(-n3cccc3)c2)CCCC1. The molecule has 1 fully saturated rings. The van der Waals surface area contributed by atoms with Crippen molar-refractivity contribution in [1.29, 1.82) is 0 Å². The van der Waals surface area contributed by atoms with Gasteiger partial charge in [0.1, 0.15) is 5.82 Å². The van der Waals surface area contributed by atoms with Gasteiger partial charge in [0.05, 0.1) is 5.69 Å². The van der Waals surface area contributed by atoms with Crippen LogP contribution < -0.4 is 10.5 Å². The molecule has 1 aliphatic carbocycles. The Balaban J connectivity index is 1.91. The Morgan fingerprint density at radius 2 is 1.83 bits per heavy atom. The van der Waals surface area contributed by atoms with E-state index in [1.807, 2.05) is 0 Å². The molecule has 0 bridgehead atoms. The third-order valence-corrected chi connectivity index (χ3v) is 6.14. The summed E-state index contributed by atoms with van der Waals surface area (Å²) in [7, 11) is -4.04. The van der Waals surface area contributed by atoms with Gasteiger partial charge in [-0.2, -0.15) is 0 Å². The number of rotatable bonds is 4. The average molecular weight is 351 g/mol. The van der Waals surface area contributed by atoms with Gasteiger partial charge >= 0.3 is 0 Å². The molecule has 0 spiro atoms. The van der Waals surface area contributed by atoms with Crippen molar-refractivity contribution >= 4 is 21.6 Å². The Bertz CT molecular complexity index is 857. The van der Waals surface area contributed by atoms with Crippen LogP contribution >= 0.6 is 0 Å². The van der Waals surface area contributed by atoms with Gasteiger partial charge in [-0.25, -0.2) is 17.9 Å². The van der Waals surface area contributed by atoms with Crippen molar-refractivity contribution in [2.75, 3.05) is 5.32 Å². The summed E-state index contributed by atoms with van der Waals surface area (Å²) in [6.45, 7) is 0. The van der Waals surface area contributed by atoms with Gasteiger partial charge in [-0.05, 0) is 43.2 Å². The molecule has 128 valence electrons. The lowest BCUT2D eigenvalue weighted by Crippen LogP contribution is -2.50. The predicted octanol–water partition coefficient (Wildman–Crippen LogP) is 2.16. The molecule has 1 saturated carbocycles. The Morgan fingerprint density at radius 1 is 1.21 bits per heavy atom. The third-order valence-electron chi connectivity index (χ3n) is 4.46. The summed E-state index contributed by atoms with van der Waals surface area (Å²) < 4.78 is 37.8. The number of benzene rings is 1. The smallest absolute Gasteiger partial charge is 0.247 e. The van der Waals surface area contributed by atoms with Crippen LogP contribution in [-0.2, 0) is 14.8 Å². The zero-order chi connectivity index (χ0) is 17.4. The number of nitrogens with zero attached hydrogens (tertiary/aromatic N) is 1. The Kier molecular flexibility index (Phi) is 4.18. The molecule has 24 heavy (non-hydrogen) atoms. The van der Waals surface area contributed by atoms with E-state index in [4.69, 9.17) is 5.14 Å². The van der Waals surface area contributed by atoms with E-state index in [9.17, 15) is 17.6 Å². The zero-order valence-electron chi connectivity index (χ0n) is 12.9. The van der Waals surface area contributed by atoms with E-state index < -0.39 is 26.5 Å². The van der Waals surface area contributed by atoms with Crippen molar-refractivity contribution in [2.45, 2.75) is 30.4 Å². The second-order valence-corrected chi connectivity index (χ2v) is 7.83. The zero-order valence-corrected chi connectivity index (χ0v) is 13.7. The Hall–Kier alpha value is -2.19. The molecule has 6 nitrogen and oxygen atoms in total. The number of hydrogen-bond donors (Lipinski definition) is 2. The second-order valence-electron chi connectivity index (χ2n) is 5.96. The Morgan fingerprint density at radius 3 is 2.42 bits per heavy atom. The molecule has 8 heteroatoms. The highest BCUT2D eigenvalue weighted by Gasteiger charge is 2.50. The second kappa shape index (κ2) is 6.03. The largest absolute Gasteiger partial charge is 0.325 e. The van der Waals surface area contributed by atoms with Crippen LogP contribution in [0, 0.1) is 5.82 Å². The molecule has 3 N–H and O–H groups in total. The maximum atomic E-state index is 14.0. The van der Waals surface area contributed by atoms with Gasteiger partial charge in [-0.1, -0.05) is 12.8 Å². The minimum absolute atomic E-state index is 0.198. The first-order chi connectivity index (χ1) is 11.3. The van der Waals surface area contributed by atoms with Crippen molar-refractivity contribution in [2.24, 2.45) is 5.14 Å². The fraction of sp³-hybridized carbons (Fsp3) is 0.312. The highest BCUT2D eigenvalue weighted by Crippen LogP contribution is 2.36. The van der Waals surface area contributed by atoms with Gasteiger partial charge in [0, 0.05) is 18.1 Å². The summed E-state index contributed by atoms with van der Waals surface area (Å²) in [4.78, 5) is 12.6. The van der Waals surface area contributed by atoms with E-state index in [1.165, 1.54) is 18.2 Å². The number of aromatic nitrogens is 1. The lowest BCUT2D eigenvalue weighted by molar-refractivity contribution is -0.118. The maximum absolute atomic E-state index is 14.0. The molecule has 1 heterocycles. The van der Waals surface area contributed by atoms with Gasteiger partial charge in [0.15, 0.2) is 4.75 Å². The number of carbonyl (C=O) groups is 1. The number of carbonyl (C=O) groups excluding carboxylic acids is 1. The number of halogens is 1. The van der Waals surface area contributed by atoms with E-state index in [0.29, 0.717) is 18.5 Å². The molecule has 1 aromatic carbocycles. The van der Waals surface area contributed by atoms with Gasteiger partial charge in [0.2, 0.25) is 15.9 Å². The molecular weight excluding hydrogens is 333 g/mol. The first kappa shape index (κ1) is 16.7. The molecule has 0 radical (unpaired) electrons. The quantitative estimate of drug-likeness (QED) is 0.884. The van der Waals surface area contributed by atoms with Crippen LogP contribution in [0.4, 0.5) is 10.1 Å². The minimum Gasteiger partial charge on any atom is -0.325 e. The van der Waals surface area contributed by atoms with Gasteiger partial charge in [0.25, 0.3) is 0 Å². The normalized spacial score (nSPS) is 16.9. The summed E-state index contributed by atoms with van der Waals surface area (Å²) in [5, 5.41) is 7.89. The van der Waals surface area contributed by atoms with Crippen LogP contribution in [0.1, 0.15) is 25.7 Å². The maximum Gasteiger partial charge on any atom is 0.247 e. The van der Waals surface area contributed by atoms with E-state index in [-0.39, 0.29) is 18.5 Å². The van der Waals surface area contributed by atoms with Crippen molar-refractivity contribution in [3.05, 3.63) is 48.5 Å². The third kappa shape index (κ3) is 2.83. The van der Waals surface area contributed by atoms with E-state index >= 15 is 0 Å². The van der Waals surface area contributed by atoms with Crippen molar-refractivity contribution in [3.8, 4) is 5.69 Å². The molecule has 3 rings (SSSR count). The lowest BCUT2D eigenvalue weighted by Gasteiger charge is -2.25. The van der Waals surface area contributed by atoms with Crippen LogP contribution in [0.5, 0.6) is 0 Å². The lowest BCUT2D eigenvalue weighted by atomic mass is 10.1. The summed E-state index contributed by atoms with van der Waals surface area (Å²) >= 11 is 0. The molecule has 1 aromatic heterocycles. The van der Waals surface area contributed by atoms with E-state index in [0.717, 1.165) is 0 Å². The van der Waals surface area contributed by atoms with Crippen LogP contribution in [-0.4, -0.2) is 23.6 Å². The number of nitrogens with one attached hydrogen (secondary N) is 1. The van der Waals surface area contributed by atoms with Crippen LogP contribution in [0.2, 0.25) is 0 Å². The summed E-state index contributed by atoms with van der Waals surface area (Å²) in [6.07, 6.45) is 5.00. The summed E-state index contributed by atoms with van der Waals surface area (Å²) in [5.74, 6) is -1.11. The standard InChI is InChI=1S/C16H18FN3O3S/c17-13-6-5-12(11-14(13)20-9-3-4-10-20)19-15(21)16(24(18,22)23)7-1-2-8-16/h3-6,9-11H,1-2,7-8H2,(H,19,21)(H2,18,22,23). The number of sulfonamides is 1. The van der Waals surface area contributed by atoms with Gasteiger partial charge < -0.3 is 9.88 Å². The molecule has 0 aliphatic heterocycles. The average Bonchev–Trinajstić information content (AvgIpc) is 3.20. The van der Waals surface area contributed by atoms with Crippen molar-refractivity contribution in [3.63, 3.8) is 0 Å². The van der Waals surface area contributed by atoms with Crippen LogP contribution in [0.15, 0.2) is 42.7 Å². The number of nitrogens with two attached hydrogens (primary N) is 1. The minimum atomic E-state index is -4.04. The first-order valence-corrected chi connectivity index (χ1v) is 9.15. The molecule has 0 saturated heterocycles. The highest BCUT2D eigenvalue weighted by atomic mass is 32.2. The fourth-order valence-electron chi connectivity index (χ4n) is 3.12. The molecule has 1 amide bonds. The Labute approximate surface area is 139 Å². The predicted molar refractivity (Wildman–Crippen MR) is 88.7 cm³/mol. The van der Waals surface area contributed by atoms with E-state index in [2.05, 4.69) is 5.32 Å². The fourth-order valence-corrected chi connectivity index (χ4v) is 4.28. The summed E-state index contributed by atoms with van der Waals surface area (Å²) in [6, 6.07) is 7.58. The number of primary sulfonamides is 1. The molecule has 2 aromatic rings. The first-order valence-electron chi connectivity index (χ1n) is 7.60. The molecule has 1 aliphatic rings. The van der Waals surface area contributed by atoms with Crippen LogP contribution in [0.25, 0.3) is 5.69 Å². The highest BCUT2D eigenvalue weighted by molar-refractivity contribution is 7.91. The monoisotopic (exact) mass is 351 g/mol. The topological polar surface area (TPSA) is 94.2 Å². The van der Waals surface area contributed by atoms with E-state index in [1.54, 1.807) is 29.1 Å². The van der Waals surface area contributed by atoms with Gasteiger partial charge in [-0.3, -0.25) is 4.79 Å². The number of hydrogen-bond acceptors (Lipinski definition) is 3. The van der Waals surface area contributed by atoms with Crippen LogP contribution in [0.3, 0.4) is 0 Å². The van der Waals surface area contributed by atoms with Gasteiger partial charge in [-0.15, -0.1) is 0 Å². The molecule has 0 atom stereocenters. The number of amides is 1. The number of anilines is 1. The molecule has 0 unspecified atom stereocenters. The van der Waals surface area contributed by atoms with Crippen molar-refractivity contribution in [1.82, 2.24) is 4.57 Å². The van der Waals surface area contributed by atoms with Crippen molar-refractivity contribution < 1.29 is 17.6 Å².